The summed E-state index contributed by atoms with van der Waals surface area (Å²) >= 11 is 0. The van der Waals surface area contributed by atoms with Crippen molar-refractivity contribution in [3.05, 3.63) is 58.3 Å². The summed E-state index contributed by atoms with van der Waals surface area (Å²) in [6, 6.07) is 8.95. The number of hydrogen-bond acceptors (Lipinski definition) is 5. The van der Waals surface area contributed by atoms with Gasteiger partial charge in [0, 0.05) is 30.1 Å². The van der Waals surface area contributed by atoms with Crippen LogP contribution < -0.4 is 0 Å². The molecule has 1 aromatic heterocycles. The fourth-order valence-electron chi connectivity index (χ4n) is 1.32. The smallest absolute Gasteiger partial charge is 0.270 e. The Balaban J connectivity index is 2.31. The first-order valence-corrected chi connectivity index (χ1v) is 5.09. The van der Waals surface area contributed by atoms with Crippen LogP contribution in [0.15, 0.2) is 47.6 Å². The standard InChI is InChI=1S/C12H9N3O3/c16-11-5-4-10(15(17)18)7-9(11)8-14-12-3-1-2-6-13-12/h1-8,16H/b14-8+. The molecule has 0 saturated heterocycles. The fraction of sp³-hybridized carbons (Fsp3) is 0. The van der Waals surface area contributed by atoms with E-state index in [2.05, 4.69) is 9.98 Å². The molecule has 0 atom stereocenters. The first-order valence-electron chi connectivity index (χ1n) is 5.09. The Hall–Kier alpha value is -2.76. The predicted molar refractivity (Wildman–Crippen MR) is 66.3 cm³/mol. The summed E-state index contributed by atoms with van der Waals surface area (Å²) in [5.74, 6) is 0.392. The zero-order valence-electron chi connectivity index (χ0n) is 9.22. The minimum absolute atomic E-state index is 0.0692. The lowest BCUT2D eigenvalue weighted by atomic mass is 10.2. The van der Waals surface area contributed by atoms with Crippen LogP contribution in [0.1, 0.15) is 5.56 Å². The van der Waals surface area contributed by atoms with Crippen molar-refractivity contribution in [1.29, 1.82) is 0 Å². The van der Waals surface area contributed by atoms with Crippen LogP contribution in [-0.4, -0.2) is 21.2 Å². The van der Waals surface area contributed by atoms with Crippen LogP contribution in [0.25, 0.3) is 0 Å². The van der Waals surface area contributed by atoms with Crippen molar-refractivity contribution in [2.45, 2.75) is 0 Å². The number of nitrogens with zero attached hydrogens (tertiary/aromatic N) is 3. The lowest BCUT2D eigenvalue weighted by Crippen LogP contribution is -1.90. The highest BCUT2D eigenvalue weighted by Crippen LogP contribution is 2.21. The van der Waals surface area contributed by atoms with E-state index >= 15 is 0 Å². The van der Waals surface area contributed by atoms with Crippen LogP contribution in [0.5, 0.6) is 5.75 Å². The van der Waals surface area contributed by atoms with E-state index in [1.165, 1.54) is 24.4 Å². The topological polar surface area (TPSA) is 88.6 Å². The maximum atomic E-state index is 10.6. The molecule has 6 heteroatoms. The number of phenolic OH excluding ortho intramolecular Hbond substituents is 1. The molecule has 2 rings (SSSR count). The average molecular weight is 243 g/mol. The van der Waals surface area contributed by atoms with E-state index in [4.69, 9.17) is 0 Å². The van der Waals surface area contributed by atoms with Gasteiger partial charge in [0.15, 0.2) is 5.82 Å². The Morgan fingerprint density at radius 2 is 2.17 bits per heavy atom. The van der Waals surface area contributed by atoms with Crippen LogP contribution in [0.2, 0.25) is 0 Å². The molecule has 0 unspecified atom stereocenters. The SMILES string of the molecule is O=[N+]([O-])c1ccc(O)c(/C=N/c2ccccn2)c1. The van der Waals surface area contributed by atoms with E-state index in [1.54, 1.807) is 24.4 Å². The van der Waals surface area contributed by atoms with Gasteiger partial charge in [-0.2, -0.15) is 0 Å². The van der Waals surface area contributed by atoms with E-state index in [0.717, 1.165) is 0 Å². The van der Waals surface area contributed by atoms with Crippen molar-refractivity contribution in [2.75, 3.05) is 0 Å². The fourth-order valence-corrected chi connectivity index (χ4v) is 1.32. The molecule has 0 aliphatic rings. The predicted octanol–water partition coefficient (Wildman–Crippen LogP) is 2.45. The highest BCUT2D eigenvalue weighted by molar-refractivity contribution is 5.85. The second kappa shape index (κ2) is 5.05. The summed E-state index contributed by atoms with van der Waals surface area (Å²) in [5, 5.41) is 20.2. The van der Waals surface area contributed by atoms with Crippen LogP contribution in [-0.2, 0) is 0 Å². The number of phenols is 1. The number of pyridine rings is 1. The van der Waals surface area contributed by atoms with E-state index in [0.29, 0.717) is 5.82 Å². The number of nitro groups is 1. The van der Waals surface area contributed by atoms with Gasteiger partial charge in [-0.25, -0.2) is 9.98 Å². The quantitative estimate of drug-likeness (QED) is 0.509. The summed E-state index contributed by atoms with van der Waals surface area (Å²) in [7, 11) is 0. The molecule has 1 aromatic carbocycles. The molecule has 0 spiro atoms. The van der Waals surface area contributed by atoms with Crippen LogP contribution in [0.3, 0.4) is 0 Å². The van der Waals surface area contributed by atoms with E-state index in [1.807, 2.05) is 0 Å². The second-order valence-electron chi connectivity index (χ2n) is 3.45. The summed E-state index contributed by atoms with van der Waals surface area (Å²) in [5.41, 5.74) is 0.171. The molecule has 0 radical (unpaired) electrons. The Kier molecular flexibility index (Phi) is 3.29. The van der Waals surface area contributed by atoms with Crippen molar-refractivity contribution >= 4 is 17.7 Å². The highest BCUT2D eigenvalue weighted by Gasteiger charge is 2.08. The van der Waals surface area contributed by atoms with Gasteiger partial charge in [0.1, 0.15) is 5.75 Å². The number of aliphatic imine (C=N–C) groups is 1. The molecule has 0 aliphatic heterocycles. The Morgan fingerprint density at radius 1 is 1.33 bits per heavy atom. The minimum atomic E-state index is -0.530. The molecule has 0 saturated carbocycles. The number of non-ortho nitro benzene ring substituents is 1. The third kappa shape index (κ3) is 2.67. The second-order valence-corrected chi connectivity index (χ2v) is 3.45. The lowest BCUT2D eigenvalue weighted by Gasteiger charge is -1.98. The van der Waals surface area contributed by atoms with Gasteiger partial charge < -0.3 is 5.11 Å². The summed E-state index contributed by atoms with van der Waals surface area (Å²) in [6.07, 6.45) is 2.92. The van der Waals surface area contributed by atoms with Crippen LogP contribution >= 0.6 is 0 Å². The Labute approximate surface area is 102 Å². The van der Waals surface area contributed by atoms with Crippen molar-refractivity contribution in [1.82, 2.24) is 4.98 Å². The molecule has 0 aliphatic carbocycles. The first kappa shape index (κ1) is 11.7. The third-order valence-electron chi connectivity index (χ3n) is 2.21. The van der Waals surface area contributed by atoms with E-state index < -0.39 is 4.92 Å². The molecule has 0 fully saturated rings. The number of rotatable bonds is 3. The average Bonchev–Trinajstić information content (AvgIpc) is 2.38. The maximum absolute atomic E-state index is 10.6. The van der Waals surface area contributed by atoms with Gasteiger partial charge in [-0.05, 0) is 18.2 Å². The zero-order valence-corrected chi connectivity index (χ0v) is 9.22. The van der Waals surface area contributed by atoms with Gasteiger partial charge in [-0.15, -0.1) is 0 Å². The molecule has 90 valence electrons. The van der Waals surface area contributed by atoms with E-state index in [9.17, 15) is 15.2 Å². The molecule has 6 nitrogen and oxygen atoms in total. The number of hydrogen-bond donors (Lipinski definition) is 1. The number of nitro benzene ring substituents is 1. The maximum Gasteiger partial charge on any atom is 0.270 e. The Bertz CT molecular complexity index is 597. The third-order valence-corrected chi connectivity index (χ3v) is 2.21. The zero-order chi connectivity index (χ0) is 13.0. The number of aromatic hydroxyl groups is 1. The van der Waals surface area contributed by atoms with Crippen LogP contribution in [0.4, 0.5) is 11.5 Å². The van der Waals surface area contributed by atoms with Crippen molar-refractivity contribution in [3.63, 3.8) is 0 Å². The van der Waals surface area contributed by atoms with Gasteiger partial charge in [-0.3, -0.25) is 10.1 Å². The van der Waals surface area contributed by atoms with Crippen molar-refractivity contribution in [2.24, 2.45) is 4.99 Å². The normalized spacial score (nSPS) is 10.7. The summed E-state index contributed by atoms with van der Waals surface area (Å²) in [4.78, 5) is 18.1. The molecule has 1 heterocycles. The van der Waals surface area contributed by atoms with Gasteiger partial charge in [0.25, 0.3) is 5.69 Å². The largest absolute Gasteiger partial charge is 0.507 e. The first-order chi connectivity index (χ1) is 8.66. The lowest BCUT2D eigenvalue weighted by molar-refractivity contribution is -0.384. The monoisotopic (exact) mass is 243 g/mol. The van der Waals surface area contributed by atoms with Crippen molar-refractivity contribution in [3.8, 4) is 5.75 Å². The number of benzene rings is 1. The summed E-state index contributed by atoms with van der Waals surface area (Å²) in [6.45, 7) is 0. The highest BCUT2D eigenvalue weighted by atomic mass is 16.6. The Morgan fingerprint density at radius 3 is 2.83 bits per heavy atom. The van der Waals surface area contributed by atoms with E-state index in [-0.39, 0.29) is 17.0 Å². The molecule has 1 N–H and O–H groups in total. The molecular weight excluding hydrogens is 234 g/mol. The molecule has 0 bridgehead atoms. The van der Waals surface area contributed by atoms with Gasteiger partial charge in [0.05, 0.1) is 4.92 Å². The van der Waals surface area contributed by atoms with Gasteiger partial charge in [0.2, 0.25) is 0 Å². The summed E-state index contributed by atoms with van der Waals surface area (Å²) < 4.78 is 0. The van der Waals surface area contributed by atoms with Gasteiger partial charge in [-0.1, -0.05) is 6.07 Å². The molecule has 2 aromatic rings. The minimum Gasteiger partial charge on any atom is -0.507 e. The molecular formula is C12H9N3O3. The van der Waals surface area contributed by atoms with Gasteiger partial charge >= 0.3 is 0 Å². The molecule has 18 heavy (non-hydrogen) atoms. The van der Waals surface area contributed by atoms with Crippen LogP contribution in [0, 0.1) is 10.1 Å². The van der Waals surface area contributed by atoms with Crippen molar-refractivity contribution < 1.29 is 10.0 Å². The number of aromatic nitrogens is 1. The molecule has 0 amide bonds.